The zero-order valence-corrected chi connectivity index (χ0v) is 16.2. The molecular weight excluding hydrogens is 364 g/mol. The van der Waals surface area contributed by atoms with Crippen LogP contribution in [-0.2, 0) is 11.4 Å². The van der Waals surface area contributed by atoms with Gasteiger partial charge in [-0.1, -0.05) is 42.8 Å². The lowest BCUT2D eigenvalue weighted by Gasteiger charge is -2.13. The molecule has 5 nitrogen and oxygen atoms in total. The van der Waals surface area contributed by atoms with Crippen LogP contribution in [0, 0.1) is 5.92 Å². The number of hydrogen-bond donors (Lipinski definition) is 1. The average Bonchev–Trinajstić information content (AvgIpc) is 2.71. The van der Waals surface area contributed by atoms with Crippen LogP contribution in [0.15, 0.2) is 54.7 Å². The average molecular weight is 387 g/mol. The molecule has 0 aliphatic rings. The summed E-state index contributed by atoms with van der Waals surface area (Å²) in [6.07, 6.45) is 1.77. The van der Waals surface area contributed by atoms with Gasteiger partial charge < -0.3 is 14.3 Å². The van der Waals surface area contributed by atoms with Crippen molar-refractivity contribution in [1.29, 1.82) is 0 Å². The van der Waals surface area contributed by atoms with Crippen LogP contribution in [-0.4, -0.2) is 25.2 Å². The predicted octanol–water partition coefficient (Wildman–Crippen LogP) is 4.63. The topological polar surface area (TPSA) is 52.6 Å². The highest BCUT2D eigenvalue weighted by Crippen LogP contribution is 2.31. The zero-order chi connectivity index (χ0) is 19.1. The van der Waals surface area contributed by atoms with Gasteiger partial charge in [0.05, 0.1) is 13.7 Å². The number of ether oxygens (including phenoxy) is 2. The first kappa shape index (κ1) is 19.4. The second-order valence-electron chi connectivity index (χ2n) is 6.35. The Hall–Kier alpha value is -2.34. The Morgan fingerprint density at radius 1 is 1.04 bits per heavy atom. The highest BCUT2D eigenvalue weighted by atomic mass is 35.5. The number of aromatic nitrogens is 1. The van der Waals surface area contributed by atoms with Crippen molar-refractivity contribution in [3.8, 4) is 11.6 Å². The first-order valence-corrected chi connectivity index (χ1v) is 9.19. The highest BCUT2D eigenvalue weighted by Gasteiger charge is 2.07. The molecule has 3 rings (SSSR count). The Morgan fingerprint density at radius 3 is 2.59 bits per heavy atom. The van der Waals surface area contributed by atoms with Crippen LogP contribution < -0.4 is 15.0 Å². The van der Waals surface area contributed by atoms with Gasteiger partial charge >= 0.3 is 0 Å². The lowest BCUT2D eigenvalue weighted by atomic mass is 10.1. The molecule has 2 aromatic carbocycles. The summed E-state index contributed by atoms with van der Waals surface area (Å²) in [5.74, 6) is 1.71. The molecule has 0 aliphatic carbocycles. The predicted molar refractivity (Wildman–Crippen MR) is 107 cm³/mol. The van der Waals surface area contributed by atoms with E-state index in [1.165, 1.54) is 0 Å². The van der Waals surface area contributed by atoms with Gasteiger partial charge in [-0.25, -0.2) is 10.5 Å². The molecule has 0 aliphatic heterocycles. The van der Waals surface area contributed by atoms with Gasteiger partial charge in [0.1, 0.15) is 12.4 Å². The summed E-state index contributed by atoms with van der Waals surface area (Å²) >= 11 is 6.25. The molecule has 142 valence electrons. The van der Waals surface area contributed by atoms with Gasteiger partial charge in [-0.3, -0.25) is 0 Å². The number of nitrogens with zero attached hydrogens (tertiary/aromatic N) is 1. The van der Waals surface area contributed by atoms with E-state index in [9.17, 15) is 0 Å². The molecule has 1 unspecified atom stereocenters. The Morgan fingerprint density at radius 2 is 1.85 bits per heavy atom. The number of benzene rings is 2. The monoisotopic (exact) mass is 386 g/mol. The van der Waals surface area contributed by atoms with E-state index in [4.69, 9.17) is 25.9 Å². The van der Waals surface area contributed by atoms with Crippen molar-refractivity contribution in [1.82, 2.24) is 10.5 Å². The molecular formula is C21H23ClN2O3. The molecule has 0 amide bonds. The molecule has 1 heterocycles. The second kappa shape index (κ2) is 9.55. The molecule has 0 radical (unpaired) electrons. The summed E-state index contributed by atoms with van der Waals surface area (Å²) in [6.45, 7) is 3.78. The van der Waals surface area contributed by atoms with Crippen molar-refractivity contribution in [3.63, 3.8) is 0 Å². The third-order valence-corrected chi connectivity index (χ3v) is 4.44. The fraction of sp³-hybridized carbons (Fsp3) is 0.286. The van der Waals surface area contributed by atoms with Crippen molar-refractivity contribution >= 4 is 22.4 Å². The smallest absolute Gasteiger partial charge is 0.213 e. The summed E-state index contributed by atoms with van der Waals surface area (Å²) in [5, 5.41) is 2.70. The summed E-state index contributed by atoms with van der Waals surface area (Å²) in [6, 6.07) is 15.5. The van der Waals surface area contributed by atoms with Crippen LogP contribution in [0.4, 0.5) is 0 Å². The van der Waals surface area contributed by atoms with Crippen molar-refractivity contribution in [2.45, 2.75) is 13.5 Å². The van der Waals surface area contributed by atoms with Crippen molar-refractivity contribution in [2.24, 2.45) is 5.92 Å². The number of hydrogen-bond acceptors (Lipinski definition) is 5. The second-order valence-corrected chi connectivity index (χ2v) is 6.76. The van der Waals surface area contributed by atoms with E-state index in [0.29, 0.717) is 25.0 Å². The fourth-order valence-electron chi connectivity index (χ4n) is 2.62. The normalized spacial score (nSPS) is 12.1. The van der Waals surface area contributed by atoms with Gasteiger partial charge in [-0.15, -0.1) is 0 Å². The van der Waals surface area contributed by atoms with E-state index in [0.717, 1.165) is 33.7 Å². The first-order valence-electron chi connectivity index (χ1n) is 8.81. The van der Waals surface area contributed by atoms with E-state index >= 15 is 0 Å². The number of rotatable bonds is 9. The molecule has 0 saturated carbocycles. The van der Waals surface area contributed by atoms with E-state index < -0.39 is 0 Å². The number of hydroxylamine groups is 1. The highest BCUT2D eigenvalue weighted by molar-refractivity contribution is 6.35. The summed E-state index contributed by atoms with van der Waals surface area (Å²) in [5.41, 5.74) is 3.78. The SMILES string of the molecule is CONCC(C)COc1ccc(COc2ccc(Cl)c3ccccc23)cn1. The Balaban J connectivity index is 1.57. The van der Waals surface area contributed by atoms with Crippen LogP contribution >= 0.6 is 11.6 Å². The maximum Gasteiger partial charge on any atom is 0.213 e. The number of halogens is 1. The fourth-order valence-corrected chi connectivity index (χ4v) is 2.84. The summed E-state index contributed by atoms with van der Waals surface area (Å²) in [4.78, 5) is 9.18. The molecule has 0 fully saturated rings. The van der Waals surface area contributed by atoms with Crippen molar-refractivity contribution < 1.29 is 14.3 Å². The van der Waals surface area contributed by atoms with Crippen LogP contribution in [0.2, 0.25) is 5.02 Å². The molecule has 3 aromatic rings. The van der Waals surface area contributed by atoms with Gasteiger partial charge in [0.2, 0.25) is 5.88 Å². The van der Waals surface area contributed by atoms with Gasteiger partial charge in [0.25, 0.3) is 0 Å². The first-order chi connectivity index (χ1) is 13.2. The van der Waals surface area contributed by atoms with E-state index in [-0.39, 0.29) is 0 Å². The number of nitrogens with one attached hydrogen (secondary N) is 1. The summed E-state index contributed by atoms with van der Waals surface area (Å²) < 4.78 is 11.7. The molecule has 27 heavy (non-hydrogen) atoms. The quantitative estimate of drug-likeness (QED) is 0.543. The standard InChI is InChI=1S/C21H23ClN2O3/c1-15(11-24-25-2)13-27-21-10-7-16(12-23-21)14-26-20-9-8-19(22)17-5-3-4-6-18(17)20/h3-10,12,15,24H,11,13-14H2,1-2H3. The lowest BCUT2D eigenvalue weighted by molar-refractivity contribution is 0.0741. The van der Waals surface area contributed by atoms with Crippen LogP contribution in [0.1, 0.15) is 12.5 Å². The van der Waals surface area contributed by atoms with Crippen LogP contribution in [0.3, 0.4) is 0 Å². The minimum Gasteiger partial charge on any atom is -0.488 e. The van der Waals surface area contributed by atoms with Gasteiger partial charge in [-0.2, -0.15) is 0 Å². The van der Waals surface area contributed by atoms with Crippen LogP contribution in [0.25, 0.3) is 10.8 Å². The molecule has 0 bridgehead atoms. The Bertz CT molecular complexity index is 871. The third-order valence-electron chi connectivity index (χ3n) is 4.11. The molecule has 0 saturated heterocycles. The number of fused-ring (bicyclic) bond motifs is 1. The maximum atomic E-state index is 6.25. The van der Waals surface area contributed by atoms with Crippen molar-refractivity contribution in [2.75, 3.05) is 20.3 Å². The van der Waals surface area contributed by atoms with E-state index in [1.807, 2.05) is 48.5 Å². The van der Waals surface area contributed by atoms with Gasteiger partial charge in [-0.05, 0) is 18.2 Å². The minimum absolute atomic E-state index is 0.313. The molecule has 6 heteroatoms. The van der Waals surface area contributed by atoms with E-state index in [2.05, 4.69) is 17.4 Å². The Labute approximate surface area is 164 Å². The maximum absolute atomic E-state index is 6.25. The lowest BCUT2D eigenvalue weighted by Crippen LogP contribution is -2.24. The zero-order valence-electron chi connectivity index (χ0n) is 15.4. The molecule has 1 atom stereocenters. The molecule has 1 aromatic heterocycles. The van der Waals surface area contributed by atoms with Crippen LogP contribution in [0.5, 0.6) is 11.6 Å². The Kier molecular flexibility index (Phi) is 6.87. The third kappa shape index (κ3) is 5.32. The largest absolute Gasteiger partial charge is 0.488 e. The van der Waals surface area contributed by atoms with E-state index in [1.54, 1.807) is 13.3 Å². The summed E-state index contributed by atoms with van der Waals surface area (Å²) in [7, 11) is 1.60. The number of pyridine rings is 1. The minimum atomic E-state index is 0.313. The van der Waals surface area contributed by atoms with Crippen molar-refractivity contribution in [3.05, 3.63) is 65.3 Å². The molecule has 0 spiro atoms. The van der Waals surface area contributed by atoms with Gasteiger partial charge in [0.15, 0.2) is 0 Å². The van der Waals surface area contributed by atoms with Gasteiger partial charge in [0, 0.05) is 46.1 Å². The molecule has 1 N–H and O–H groups in total.